The first-order chi connectivity index (χ1) is 8.77. The SMILES string of the molecule is C=C/C=C\C=C/CCOCCCCCCC(C)C. The summed E-state index contributed by atoms with van der Waals surface area (Å²) in [6, 6.07) is 0. The highest BCUT2D eigenvalue weighted by atomic mass is 16.5. The minimum atomic E-state index is 0.838. The van der Waals surface area contributed by atoms with Crippen LogP contribution in [-0.4, -0.2) is 13.2 Å². The maximum absolute atomic E-state index is 5.57. The van der Waals surface area contributed by atoms with Gasteiger partial charge in [-0.3, -0.25) is 0 Å². The largest absolute Gasteiger partial charge is 0.381 e. The van der Waals surface area contributed by atoms with Gasteiger partial charge in [0.15, 0.2) is 0 Å². The second kappa shape index (κ2) is 14.2. The number of hydrogen-bond donors (Lipinski definition) is 0. The third kappa shape index (κ3) is 15.2. The molecule has 1 heteroatoms. The summed E-state index contributed by atoms with van der Waals surface area (Å²) in [6.45, 7) is 9.95. The molecule has 0 atom stereocenters. The molecule has 0 heterocycles. The topological polar surface area (TPSA) is 9.23 Å². The van der Waals surface area contributed by atoms with Gasteiger partial charge < -0.3 is 4.74 Å². The Kier molecular flexibility index (Phi) is 13.6. The maximum Gasteiger partial charge on any atom is 0.0500 e. The second-order valence-corrected chi connectivity index (χ2v) is 5.05. The van der Waals surface area contributed by atoms with E-state index < -0.39 is 0 Å². The molecular weight excluding hydrogens is 220 g/mol. The van der Waals surface area contributed by atoms with E-state index in [4.69, 9.17) is 4.74 Å². The predicted molar refractivity (Wildman–Crippen MR) is 81.8 cm³/mol. The molecular formula is C17H30O. The summed E-state index contributed by atoms with van der Waals surface area (Å²) in [6.07, 6.45) is 17.5. The van der Waals surface area contributed by atoms with Crippen LogP contribution in [0.15, 0.2) is 37.0 Å². The molecule has 0 aliphatic carbocycles. The predicted octanol–water partition coefficient (Wildman–Crippen LogP) is 5.30. The highest BCUT2D eigenvalue weighted by molar-refractivity contribution is 5.08. The average molecular weight is 250 g/mol. The van der Waals surface area contributed by atoms with Crippen molar-refractivity contribution in [1.29, 1.82) is 0 Å². The van der Waals surface area contributed by atoms with Crippen molar-refractivity contribution >= 4 is 0 Å². The van der Waals surface area contributed by atoms with E-state index in [0.29, 0.717) is 0 Å². The minimum absolute atomic E-state index is 0.838. The molecule has 0 unspecified atom stereocenters. The minimum Gasteiger partial charge on any atom is -0.381 e. The molecule has 0 fully saturated rings. The van der Waals surface area contributed by atoms with Gasteiger partial charge in [0.1, 0.15) is 0 Å². The third-order valence-electron chi connectivity index (χ3n) is 2.74. The van der Waals surface area contributed by atoms with Crippen LogP contribution < -0.4 is 0 Å². The zero-order chi connectivity index (χ0) is 13.5. The van der Waals surface area contributed by atoms with E-state index in [1.54, 1.807) is 6.08 Å². The smallest absolute Gasteiger partial charge is 0.0500 e. The monoisotopic (exact) mass is 250 g/mol. The van der Waals surface area contributed by atoms with Crippen molar-refractivity contribution in [1.82, 2.24) is 0 Å². The first kappa shape index (κ1) is 17.2. The summed E-state index contributed by atoms with van der Waals surface area (Å²) in [7, 11) is 0. The van der Waals surface area contributed by atoms with E-state index in [1.165, 1.54) is 32.1 Å². The van der Waals surface area contributed by atoms with Gasteiger partial charge in [0.25, 0.3) is 0 Å². The molecule has 0 saturated heterocycles. The van der Waals surface area contributed by atoms with E-state index in [9.17, 15) is 0 Å². The molecule has 0 bridgehead atoms. The van der Waals surface area contributed by atoms with Gasteiger partial charge in [0.2, 0.25) is 0 Å². The lowest BCUT2D eigenvalue weighted by molar-refractivity contribution is 0.134. The summed E-state index contributed by atoms with van der Waals surface area (Å²) in [5, 5.41) is 0. The molecule has 18 heavy (non-hydrogen) atoms. The standard InChI is InChI=1S/C17H30O/c1-4-5-6-7-9-12-15-18-16-13-10-8-11-14-17(2)3/h4-7,9,17H,1,8,10-16H2,2-3H3/b6-5-,9-7-. The molecule has 0 saturated carbocycles. The lowest BCUT2D eigenvalue weighted by Gasteiger charge is -2.04. The van der Waals surface area contributed by atoms with Gasteiger partial charge in [-0.05, 0) is 18.8 Å². The van der Waals surface area contributed by atoms with E-state index >= 15 is 0 Å². The number of rotatable bonds is 12. The first-order valence-electron chi connectivity index (χ1n) is 7.29. The Hall–Kier alpha value is -0.820. The lowest BCUT2D eigenvalue weighted by atomic mass is 10.0. The van der Waals surface area contributed by atoms with Crippen molar-refractivity contribution in [3.05, 3.63) is 37.0 Å². The summed E-state index contributed by atoms with van der Waals surface area (Å²) < 4.78 is 5.57. The maximum atomic E-state index is 5.57. The van der Waals surface area contributed by atoms with Gasteiger partial charge in [0.05, 0.1) is 6.61 Å². The summed E-state index contributed by atoms with van der Waals surface area (Å²) in [5.74, 6) is 0.850. The average Bonchev–Trinajstić information content (AvgIpc) is 2.34. The van der Waals surface area contributed by atoms with Crippen molar-refractivity contribution in [3.63, 3.8) is 0 Å². The zero-order valence-electron chi connectivity index (χ0n) is 12.2. The molecule has 0 aliphatic rings. The van der Waals surface area contributed by atoms with Crippen LogP contribution in [0.5, 0.6) is 0 Å². The number of unbranched alkanes of at least 4 members (excludes halogenated alkanes) is 3. The molecule has 0 amide bonds. The van der Waals surface area contributed by atoms with Crippen molar-refractivity contribution < 1.29 is 4.74 Å². The highest BCUT2D eigenvalue weighted by Gasteiger charge is 1.94. The quantitative estimate of drug-likeness (QED) is 0.337. The Morgan fingerprint density at radius 3 is 2.44 bits per heavy atom. The molecule has 0 aromatic heterocycles. The van der Waals surface area contributed by atoms with Crippen molar-refractivity contribution in [2.24, 2.45) is 5.92 Å². The van der Waals surface area contributed by atoms with Gasteiger partial charge in [-0.15, -0.1) is 0 Å². The Bertz CT molecular complexity index is 226. The van der Waals surface area contributed by atoms with E-state index in [1.807, 2.05) is 18.2 Å². The zero-order valence-corrected chi connectivity index (χ0v) is 12.2. The van der Waals surface area contributed by atoms with Gasteiger partial charge in [-0.25, -0.2) is 0 Å². The highest BCUT2D eigenvalue weighted by Crippen LogP contribution is 2.09. The third-order valence-corrected chi connectivity index (χ3v) is 2.74. The fourth-order valence-electron chi connectivity index (χ4n) is 1.68. The van der Waals surface area contributed by atoms with Crippen LogP contribution in [0, 0.1) is 5.92 Å². The van der Waals surface area contributed by atoms with Crippen LogP contribution in [0.2, 0.25) is 0 Å². The van der Waals surface area contributed by atoms with Crippen molar-refractivity contribution in [3.8, 4) is 0 Å². The van der Waals surface area contributed by atoms with E-state index in [0.717, 1.165) is 25.6 Å². The fraction of sp³-hybridized carbons (Fsp3) is 0.647. The second-order valence-electron chi connectivity index (χ2n) is 5.05. The molecule has 0 rings (SSSR count). The number of allylic oxidation sites excluding steroid dienone is 4. The fourth-order valence-corrected chi connectivity index (χ4v) is 1.68. The number of hydrogen-bond acceptors (Lipinski definition) is 1. The molecule has 0 aliphatic heterocycles. The Balaban J connectivity index is 3.09. The summed E-state index contributed by atoms with van der Waals surface area (Å²) >= 11 is 0. The van der Waals surface area contributed by atoms with Gasteiger partial charge in [0, 0.05) is 6.61 Å². The molecule has 0 spiro atoms. The molecule has 0 aromatic carbocycles. The molecule has 0 aromatic rings. The van der Waals surface area contributed by atoms with Crippen molar-refractivity contribution in [2.45, 2.75) is 52.4 Å². The van der Waals surface area contributed by atoms with Crippen molar-refractivity contribution in [2.75, 3.05) is 13.2 Å². The lowest BCUT2D eigenvalue weighted by Crippen LogP contribution is -1.96. The molecule has 104 valence electrons. The van der Waals surface area contributed by atoms with Crippen LogP contribution in [0.3, 0.4) is 0 Å². The van der Waals surface area contributed by atoms with Crippen LogP contribution in [0.1, 0.15) is 52.4 Å². The van der Waals surface area contributed by atoms with E-state index in [-0.39, 0.29) is 0 Å². The van der Waals surface area contributed by atoms with Gasteiger partial charge in [-0.2, -0.15) is 0 Å². The van der Waals surface area contributed by atoms with Gasteiger partial charge >= 0.3 is 0 Å². The Morgan fingerprint density at radius 1 is 0.944 bits per heavy atom. The Morgan fingerprint density at radius 2 is 1.72 bits per heavy atom. The van der Waals surface area contributed by atoms with Crippen LogP contribution in [-0.2, 0) is 4.74 Å². The van der Waals surface area contributed by atoms with Crippen LogP contribution in [0.25, 0.3) is 0 Å². The number of ether oxygens (including phenoxy) is 1. The molecule has 0 N–H and O–H groups in total. The molecule has 0 radical (unpaired) electrons. The first-order valence-corrected chi connectivity index (χ1v) is 7.29. The molecule has 1 nitrogen and oxygen atoms in total. The van der Waals surface area contributed by atoms with Crippen LogP contribution in [0.4, 0.5) is 0 Å². The Labute approximate surface area is 114 Å². The van der Waals surface area contributed by atoms with Gasteiger partial charge in [-0.1, -0.05) is 76.5 Å². The summed E-state index contributed by atoms with van der Waals surface area (Å²) in [4.78, 5) is 0. The normalized spacial score (nSPS) is 11.9. The summed E-state index contributed by atoms with van der Waals surface area (Å²) in [5.41, 5.74) is 0. The van der Waals surface area contributed by atoms with Crippen LogP contribution >= 0.6 is 0 Å². The van der Waals surface area contributed by atoms with E-state index in [2.05, 4.69) is 26.5 Å².